The Morgan fingerprint density at radius 3 is 2.63 bits per heavy atom. The number of carboxylic acids is 1. The molecule has 0 bridgehead atoms. The fraction of sp³-hybridized carbons (Fsp3) is 0.353. The molecular formula is C17H19N3O6S. The van der Waals surface area contributed by atoms with Gasteiger partial charge in [0.1, 0.15) is 17.1 Å². The first-order valence-electron chi connectivity index (χ1n) is 8.29. The molecule has 144 valence electrons. The van der Waals surface area contributed by atoms with Gasteiger partial charge in [-0.2, -0.15) is 4.31 Å². The summed E-state index contributed by atoms with van der Waals surface area (Å²) in [5, 5.41) is 8.92. The van der Waals surface area contributed by atoms with Gasteiger partial charge in [-0.1, -0.05) is 0 Å². The third-order valence-electron chi connectivity index (χ3n) is 4.52. The van der Waals surface area contributed by atoms with Gasteiger partial charge in [0.05, 0.1) is 12.0 Å². The molecule has 10 heteroatoms. The second kappa shape index (κ2) is 7.49. The number of aromatic nitrogens is 2. The van der Waals surface area contributed by atoms with Gasteiger partial charge in [-0.05, 0) is 37.1 Å². The van der Waals surface area contributed by atoms with Crippen molar-refractivity contribution in [2.75, 3.05) is 20.2 Å². The lowest BCUT2D eigenvalue weighted by Gasteiger charge is -2.31. The molecule has 0 amide bonds. The molecule has 1 saturated heterocycles. The molecule has 1 aliphatic rings. The molecule has 1 aromatic heterocycles. The molecule has 0 unspecified atom stereocenters. The van der Waals surface area contributed by atoms with Crippen LogP contribution >= 0.6 is 0 Å². The summed E-state index contributed by atoms with van der Waals surface area (Å²) in [6, 6.07) is 6.13. The van der Waals surface area contributed by atoms with Crippen LogP contribution in [0.5, 0.6) is 5.75 Å². The van der Waals surface area contributed by atoms with Crippen LogP contribution in [-0.2, 0) is 10.0 Å². The third-order valence-corrected chi connectivity index (χ3v) is 6.40. The molecule has 3 rings (SSSR count). The number of methoxy groups -OCH3 is 1. The van der Waals surface area contributed by atoms with Crippen LogP contribution in [0.4, 0.5) is 0 Å². The smallest absolute Gasteiger partial charge is 0.342 e. The third kappa shape index (κ3) is 3.86. The maximum Gasteiger partial charge on any atom is 0.342 e. The fourth-order valence-electron chi connectivity index (χ4n) is 3.05. The summed E-state index contributed by atoms with van der Waals surface area (Å²) < 4.78 is 32.2. The summed E-state index contributed by atoms with van der Waals surface area (Å²) in [4.78, 5) is 29.5. The molecule has 2 N–H and O–H groups in total. The number of carboxylic acid groups (broad SMARTS) is 1. The van der Waals surface area contributed by atoms with E-state index >= 15 is 0 Å². The van der Waals surface area contributed by atoms with Crippen molar-refractivity contribution in [3.05, 3.63) is 52.2 Å². The number of nitrogens with zero attached hydrogens (tertiary/aromatic N) is 2. The van der Waals surface area contributed by atoms with Crippen molar-refractivity contribution < 1.29 is 23.1 Å². The van der Waals surface area contributed by atoms with Gasteiger partial charge in [0, 0.05) is 25.2 Å². The molecule has 0 aliphatic carbocycles. The average molecular weight is 393 g/mol. The van der Waals surface area contributed by atoms with E-state index in [1.165, 1.54) is 23.5 Å². The first kappa shape index (κ1) is 19.1. The topological polar surface area (TPSA) is 130 Å². The summed E-state index contributed by atoms with van der Waals surface area (Å²) in [5.74, 6) is -0.824. The summed E-state index contributed by atoms with van der Waals surface area (Å²) in [6.45, 7) is 0.520. The van der Waals surface area contributed by atoms with E-state index in [9.17, 15) is 18.0 Å². The number of carbonyl (C=O) groups is 1. The maximum atomic E-state index is 12.9. The molecule has 2 heterocycles. The summed E-state index contributed by atoms with van der Waals surface area (Å²) >= 11 is 0. The Morgan fingerprint density at radius 2 is 2.04 bits per heavy atom. The summed E-state index contributed by atoms with van der Waals surface area (Å²) in [6.07, 6.45) is 2.25. The number of rotatable bonds is 5. The molecule has 1 fully saturated rings. The lowest BCUT2D eigenvalue weighted by Crippen LogP contribution is -2.40. The molecule has 27 heavy (non-hydrogen) atoms. The number of hydrogen-bond donors (Lipinski definition) is 2. The lowest BCUT2D eigenvalue weighted by atomic mass is 9.99. The van der Waals surface area contributed by atoms with Crippen LogP contribution in [0.1, 0.15) is 34.9 Å². The highest BCUT2D eigenvalue weighted by Gasteiger charge is 2.32. The first-order chi connectivity index (χ1) is 12.8. The largest absolute Gasteiger partial charge is 0.497 e. The van der Waals surface area contributed by atoms with E-state index in [0.29, 0.717) is 31.0 Å². The number of sulfonamides is 1. The lowest BCUT2D eigenvalue weighted by molar-refractivity contribution is 0.0694. The van der Waals surface area contributed by atoms with Crippen LogP contribution < -0.4 is 10.3 Å². The molecule has 1 atom stereocenters. The highest BCUT2D eigenvalue weighted by molar-refractivity contribution is 7.89. The molecule has 2 aromatic rings. The second-order valence-corrected chi connectivity index (χ2v) is 8.13. The SMILES string of the molecule is COc1ccc(S(=O)(=O)N2CCC[C@H](c3ncc(C(=O)O)c(=O)[nH]3)C2)cc1. The van der Waals surface area contributed by atoms with Crippen molar-refractivity contribution >= 4 is 16.0 Å². The van der Waals surface area contributed by atoms with Crippen LogP contribution in [0.25, 0.3) is 0 Å². The minimum Gasteiger partial charge on any atom is -0.497 e. The monoisotopic (exact) mass is 393 g/mol. The van der Waals surface area contributed by atoms with Crippen LogP contribution in [0.3, 0.4) is 0 Å². The molecule has 9 nitrogen and oxygen atoms in total. The zero-order chi connectivity index (χ0) is 19.6. The number of ether oxygens (including phenoxy) is 1. The van der Waals surface area contributed by atoms with Crippen LogP contribution in [0.2, 0.25) is 0 Å². The molecule has 1 aliphatic heterocycles. The molecule has 0 radical (unpaired) electrons. The Morgan fingerprint density at radius 1 is 1.33 bits per heavy atom. The number of piperidine rings is 1. The van der Waals surface area contributed by atoms with Gasteiger partial charge in [-0.15, -0.1) is 0 Å². The normalized spacial score (nSPS) is 18.2. The number of hydrogen-bond acceptors (Lipinski definition) is 6. The predicted octanol–water partition coefficient (Wildman–Crippen LogP) is 1.04. The fourth-order valence-corrected chi connectivity index (χ4v) is 4.57. The van der Waals surface area contributed by atoms with E-state index in [1.807, 2.05) is 0 Å². The predicted molar refractivity (Wildman–Crippen MR) is 95.5 cm³/mol. The van der Waals surface area contributed by atoms with Gasteiger partial charge in [-0.25, -0.2) is 18.2 Å². The molecular weight excluding hydrogens is 374 g/mol. The average Bonchev–Trinajstić information content (AvgIpc) is 2.67. The standard InChI is InChI=1S/C17H19N3O6S/c1-26-12-4-6-13(7-5-12)27(24,25)20-8-2-3-11(10-20)15-18-9-14(17(22)23)16(21)19-15/h4-7,9,11H,2-3,8,10H2,1H3,(H,22,23)(H,18,19,21)/t11-/m0/s1. The van der Waals surface area contributed by atoms with Crippen LogP contribution in [0, 0.1) is 0 Å². The second-order valence-electron chi connectivity index (χ2n) is 6.19. The number of benzene rings is 1. The Labute approximate surface area is 155 Å². The van der Waals surface area contributed by atoms with Gasteiger partial charge < -0.3 is 14.8 Å². The molecule has 1 aromatic carbocycles. The Balaban J connectivity index is 1.84. The van der Waals surface area contributed by atoms with Crippen molar-refractivity contribution in [3.63, 3.8) is 0 Å². The van der Waals surface area contributed by atoms with Gasteiger partial charge >= 0.3 is 5.97 Å². The van der Waals surface area contributed by atoms with Gasteiger partial charge in [0.15, 0.2) is 0 Å². The van der Waals surface area contributed by atoms with E-state index < -0.39 is 27.1 Å². The van der Waals surface area contributed by atoms with Gasteiger partial charge in [-0.3, -0.25) is 4.79 Å². The number of aromatic carboxylic acids is 1. The van der Waals surface area contributed by atoms with E-state index in [2.05, 4.69) is 9.97 Å². The molecule has 0 saturated carbocycles. The van der Waals surface area contributed by atoms with E-state index in [0.717, 1.165) is 6.20 Å². The van der Waals surface area contributed by atoms with Crippen molar-refractivity contribution in [2.45, 2.75) is 23.7 Å². The molecule has 0 spiro atoms. The van der Waals surface area contributed by atoms with Gasteiger partial charge in [0.25, 0.3) is 5.56 Å². The summed E-state index contributed by atoms with van der Waals surface area (Å²) in [7, 11) is -2.19. The maximum absolute atomic E-state index is 12.9. The van der Waals surface area contributed by atoms with E-state index in [1.54, 1.807) is 12.1 Å². The highest BCUT2D eigenvalue weighted by atomic mass is 32.2. The first-order valence-corrected chi connectivity index (χ1v) is 9.73. The quantitative estimate of drug-likeness (QED) is 0.776. The van der Waals surface area contributed by atoms with Crippen LogP contribution in [0.15, 0.2) is 40.2 Å². The minimum atomic E-state index is -3.70. The Hall–Kier alpha value is -2.72. The Kier molecular flexibility index (Phi) is 5.29. The number of nitrogens with one attached hydrogen (secondary N) is 1. The number of aromatic amines is 1. The van der Waals surface area contributed by atoms with Gasteiger partial charge in [0.2, 0.25) is 10.0 Å². The van der Waals surface area contributed by atoms with E-state index in [-0.39, 0.29) is 17.4 Å². The Bertz CT molecular complexity index is 1000. The van der Waals surface area contributed by atoms with E-state index in [4.69, 9.17) is 9.84 Å². The van der Waals surface area contributed by atoms with Crippen LogP contribution in [-0.4, -0.2) is 54.0 Å². The zero-order valence-electron chi connectivity index (χ0n) is 14.6. The number of H-pyrrole nitrogens is 1. The minimum absolute atomic E-state index is 0.156. The summed E-state index contributed by atoms with van der Waals surface area (Å²) in [5.41, 5.74) is -1.19. The highest BCUT2D eigenvalue weighted by Crippen LogP contribution is 2.28. The zero-order valence-corrected chi connectivity index (χ0v) is 15.4. The van der Waals surface area contributed by atoms with Crippen molar-refractivity contribution in [2.24, 2.45) is 0 Å². The van der Waals surface area contributed by atoms with Crippen molar-refractivity contribution in [3.8, 4) is 5.75 Å². The van der Waals surface area contributed by atoms with Crippen molar-refractivity contribution in [1.29, 1.82) is 0 Å². The van der Waals surface area contributed by atoms with Crippen molar-refractivity contribution in [1.82, 2.24) is 14.3 Å².